The van der Waals surface area contributed by atoms with Gasteiger partial charge in [-0.25, -0.2) is 0 Å². The van der Waals surface area contributed by atoms with Gasteiger partial charge >= 0.3 is 0 Å². The molecule has 78 valence electrons. The number of carbonyl (C=O) groups is 1. The maximum absolute atomic E-state index is 11.5. The maximum atomic E-state index is 11.5. The monoisotopic (exact) mass is 258 g/mol. The van der Waals surface area contributed by atoms with Gasteiger partial charge in [-0.3, -0.25) is 4.79 Å². The molecule has 1 aliphatic carbocycles. The van der Waals surface area contributed by atoms with Crippen molar-refractivity contribution in [1.82, 2.24) is 5.32 Å². The van der Waals surface area contributed by atoms with E-state index in [2.05, 4.69) is 27.3 Å². The molecule has 0 bridgehead atoms. The van der Waals surface area contributed by atoms with Crippen molar-refractivity contribution >= 4 is 21.8 Å². The van der Waals surface area contributed by atoms with Gasteiger partial charge in [0.25, 0.3) is 0 Å². The lowest BCUT2D eigenvalue weighted by Gasteiger charge is -2.17. The van der Waals surface area contributed by atoms with Gasteiger partial charge in [0, 0.05) is 6.04 Å². The van der Waals surface area contributed by atoms with E-state index < -0.39 is 0 Å². The molecule has 1 N–H and O–H groups in total. The number of hydrogen-bond donors (Lipinski definition) is 1. The third-order valence-electron chi connectivity index (χ3n) is 2.65. The second-order valence-electron chi connectivity index (χ2n) is 3.66. The molecule has 3 nitrogen and oxygen atoms in total. The molecule has 14 heavy (non-hydrogen) atoms. The largest absolute Gasteiger partial charge is 0.351 e. The first-order valence-electron chi connectivity index (χ1n) is 5.03. The molecule has 0 saturated heterocycles. The first-order chi connectivity index (χ1) is 6.69. The average Bonchev–Trinajstić information content (AvgIpc) is 2.63. The second-order valence-corrected chi connectivity index (χ2v) is 4.76. The normalized spacial score (nSPS) is 28.1. The molecule has 1 rings (SSSR count). The number of carbonyl (C=O) groups excluding carboxylic acids is 1. The van der Waals surface area contributed by atoms with Crippen molar-refractivity contribution in [2.75, 3.05) is 0 Å². The van der Waals surface area contributed by atoms with E-state index in [9.17, 15) is 4.79 Å². The zero-order valence-corrected chi connectivity index (χ0v) is 9.88. The molecule has 0 radical (unpaired) electrons. The summed E-state index contributed by atoms with van der Waals surface area (Å²) < 4.78 is 0. The van der Waals surface area contributed by atoms with Gasteiger partial charge in [0.05, 0.1) is 16.8 Å². The van der Waals surface area contributed by atoms with E-state index in [0.29, 0.717) is 0 Å². The Morgan fingerprint density at radius 3 is 3.00 bits per heavy atom. The van der Waals surface area contributed by atoms with Crippen LogP contribution in [0.15, 0.2) is 0 Å². The summed E-state index contributed by atoms with van der Waals surface area (Å²) in [6.45, 7) is 1.95. The molecule has 1 fully saturated rings. The minimum Gasteiger partial charge on any atom is -0.351 e. The predicted molar refractivity (Wildman–Crippen MR) is 57.9 cm³/mol. The van der Waals surface area contributed by atoms with E-state index in [1.54, 1.807) is 0 Å². The van der Waals surface area contributed by atoms with Crippen LogP contribution in [0.25, 0.3) is 0 Å². The minimum absolute atomic E-state index is 0.00973. The first kappa shape index (κ1) is 11.5. The molecule has 0 aromatic rings. The molecular formula is C10H15BrN2O. The number of rotatable bonds is 3. The minimum atomic E-state index is -0.123. The quantitative estimate of drug-likeness (QED) is 0.788. The van der Waals surface area contributed by atoms with E-state index >= 15 is 0 Å². The zero-order chi connectivity index (χ0) is 10.6. The first-order valence-corrected chi connectivity index (χ1v) is 5.94. The van der Waals surface area contributed by atoms with E-state index in [-0.39, 0.29) is 22.7 Å². The molecule has 1 saturated carbocycles. The molecule has 3 atom stereocenters. The Labute approximate surface area is 93.0 Å². The molecule has 3 unspecified atom stereocenters. The topological polar surface area (TPSA) is 52.9 Å². The lowest BCUT2D eigenvalue weighted by atomic mass is 10.1. The summed E-state index contributed by atoms with van der Waals surface area (Å²) in [7, 11) is 0. The van der Waals surface area contributed by atoms with Crippen LogP contribution in [0, 0.1) is 17.2 Å². The highest BCUT2D eigenvalue weighted by Crippen LogP contribution is 2.25. The van der Waals surface area contributed by atoms with Gasteiger partial charge in [-0.1, -0.05) is 22.9 Å². The van der Waals surface area contributed by atoms with Crippen LogP contribution in [0.4, 0.5) is 0 Å². The van der Waals surface area contributed by atoms with Crippen molar-refractivity contribution in [3.05, 3.63) is 0 Å². The van der Waals surface area contributed by atoms with Crippen molar-refractivity contribution in [2.24, 2.45) is 5.92 Å². The van der Waals surface area contributed by atoms with Crippen molar-refractivity contribution in [3.8, 4) is 6.07 Å². The number of nitrogens with one attached hydrogen (secondary N) is 1. The molecule has 0 aromatic carbocycles. The van der Waals surface area contributed by atoms with Crippen LogP contribution < -0.4 is 5.32 Å². The molecule has 1 amide bonds. The summed E-state index contributed by atoms with van der Waals surface area (Å²) in [5, 5.41) is 11.8. The third-order valence-corrected chi connectivity index (χ3v) is 3.72. The lowest BCUT2D eigenvalue weighted by molar-refractivity contribution is -0.121. The van der Waals surface area contributed by atoms with Gasteiger partial charge in [-0.15, -0.1) is 0 Å². The fraction of sp³-hybridized carbons (Fsp3) is 0.800. The predicted octanol–water partition coefficient (Wildman–Crippen LogP) is 1.97. The number of nitrogens with zero attached hydrogens (tertiary/aromatic N) is 1. The van der Waals surface area contributed by atoms with Crippen LogP contribution in [-0.2, 0) is 4.79 Å². The number of alkyl halides is 1. The molecular weight excluding hydrogens is 244 g/mol. The molecule has 0 aromatic heterocycles. The molecule has 4 heteroatoms. The summed E-state index contributed by atoms with van der Waals surface area (Å²) in [5.74, 6) is 0.0233. The van der Waals surface area contributed by atoms with Crippen LogP contribution in [-0.4, -0.2) is 16.8 Å². The molecule has 1 aliphatic rings. The smallest absolute Gasteiger partial charge is 0.234 e. The van der Waals surface area contributed by atoms with Gasteiger partial charge < -0.3 is 5.32 Å². The fourth-order valence-electron chi connectivity index (χ4n) is 1.75. The SMILES string of the molecule is CCC(Br)C(=O)NC1CCCC1C#N. The molecule has 0 heterocycles. The van der Waals surface area contributed by atoms with Crippen molar-refractivity contribution < 1.29 is 4.79 Å². The van der Waals surface area contributed by atoms with Crippen molar-refractivity contribution in [2.45, 2.75) is 43.5 Å². The highest BCUT2D eigenvalue weighted by molar-refractivity contribution is 9.10. The highest BCUT2D eigenvalue weighted by atomic mass is 79.9. The van der Waals surface area contributed by atoms with Crippen molar-refractivity contribution in [1.29, 1.82) is 5.26 Å². The molecule has 0 aliphatic heterocycles. The number of nitriles is 1. The highest BCUT2D eigenvalue weighted by Gasteiger charge is 2.29. The van der Waals surface area contributed by atoms with E-state index in [1.807, 2.05) is 6.92 Å². The summed E-state index contributed by atoms with van der Waals surface area (Å²) >= 11 is 3.30. The Balaban J connectivity index is 2.44. The number of amides is 1. The standard InChI is InChI=1S/C10H15BrN2O/c1-2-8(11)10(14)13-9-5-3-4-7(9)6-12/h7-9H,2-5H2,1H3,(H,13,14). The summed E-state index contributed by atoms with van der Waals surface area (Å²) in [4.78, 5) is 11.4. The summed E-state index contributed by atoms with van der Waals surface area (Å²) in [6, 6.07) is 2.31. The van der Waals surface area contributed by atoms with Gasteiger partial charge in [0.2, 0.25) is 5.91 Å². The van der Waals surface area contributed by atoms with Crippen LogP contribution in [0.5, 0.6) is 0 Å². The fourth-order valence-corrected chi connectivity index (χ4v) is 1.88. The average molecular weight is 259 g/mol. The summed E-state index contributed by atoms with van der Waals surface area (Å²) in [5.41, 5.74) is 0. The number of halogens is 1. The Hall–Kier alpha value is -0.560. The Morgan fingerprint density at radius 1 is 1.71 bits per heavy atom. The van der Waals surface area contributed by atoms with E-state index in [1.165, 1.54) is 0 Å². The van der Waals surface area contributed by atoms with Crippen LogP contribution in [0.1, 0.15) is 32.6 Å². The zero-order valence-electron chi connectivity index (χ0n) is 8.29. The van der Waals surface area contributed by atoms with Gasteiger partial charge in [-0.2, -0.15) is 5.26 Å². The Bertz CT molecular complexity index is 249. The lowest BCUT2D eigenvalue weighted by Crippen LogP contribution is -2.40. The maximum Gasteiger partial charge on any atom is 0.234 e. The third kappa shape index (κ3) is 2.71. The molecule has 0 spiro atoms. The van der Waals surface area contributed by atoms with E-state index in [0.717, 1.165) is 25.7 Å². The van der Waals surface area contributed by atoms with Gasteiger partial charge in [-0.05, 0) is 25.7 Å². The second kappa shape index (κ2) is 5.35. The van der Waals surface area contributed by atoms with Gasteiger partial charge in [0.15, 0.2) is 0 Å². The Kier molecular flexibility index (Phi) is 4.40. The Morgan fingerprint density at radius 2 is 2.43 bits per heavy atom. The van der Waals surface area contributed by atoms with E-state index in [4.69, 9.17) is 5.26 Å². The number of hydrogen-bond acceptors (Lipinski definition) is 2. The van der Waals surface area contributed by atoms with Crippen molar-refractivity contribution in [3.63, 3.8) is 0 Å². The van der Waals surface area contributed by atoms with Crippen LogP contribution >= 0.6 is 15.9 Å². The van der Waals surface area contributed by atoms with Crippen LogP contribution in [0.3, 0.4) is 0 Å². The van der Waals surface area contributed by atoms with Crippen LogP contribution in [0.2, 0.25) is 0 Å². The van der Waals surface area contributed by atoms with Gasteiger partial charge in [0.1, 0.15) is 0 Å². The summed E-state index contributed by atoms with van der Waals surface area (Å²) in [6.07, 6.45) is 3.67.